The molecule has 10 heteroatoms. The quantitative estimate of drug-likeness (QED) is 0.292. The maximum Gasteiger partial charge on any atom is 0.355 e. The molecule has 0 bridgehead atoms. The Morgan fingerprint density at radius 2 is 2.05 bits per heavy atom. The number of hydrogen-bond acceptors (Lipinski definition) is 7. The van der Waals surface area contributed by atoms with Crippen LogP contribution in [0.4, 0.5) is 4.39 Å². The van der Waals surface area contributed by atoms with Gasteiger partial charge < -0.3 is 19.4 Å². The van der Waals surface area contributed by atoms with E-state index >= 15 is 4.39 Å². The van der Waals surface area contributed by atoms with Crippen molar-refractivity contribution < 1.29 is 28.2 Å². The van der Waals surface area contributed by atoms with Crippen LogP contribution in [0.1, 0.15) is 72.9 Å². The van der Waals surface area contributed by atoms with Gasteiger partial charge in [0.2, 0.25) is 11.5 Å². The van der Waals surface area contributed by atoms with Crippen molar-refractivity contribution in [3.05, 3.63) is 74.3 Å². The van der Waals surface area contributed by atoms with Crippen molar-refractivity contribution in [3.63, 3.8) is 0 Å². The molecule has 4 heterocycles. The van der Waals surface area contributed by atoms with Crippen LogP contribution >= 0.6 is 0 Å². The van der Waals surface area contributed by atoms with Crippen LogP contribution < -0.4 is 10.9 Å². The minimum Gasteiger partial charge on any atom is -0.457 e. The van der Waals surface area contributed by atoms with Crippen LogP contribution in [0.25, 0.3) is 22.3 Å². The highest BCUT2D eigenvalue weighted by atomic mass is 19.1. The zero-order chi connectivity index (χ0) is 29.4. The number of esters is 2. The lowest BCUT2D eigenvalue weighted by atomic mass is 9.75. The number of amides is 1. The molecule has 1 N–H and O–H groups in total. The fourth-order valence-electron chi connectivity index (χ4n) is 6.91. The molecule has 3 aromatic rings. The molecule has 212 valence electrons. The van der Waals surface area contributed by atoms with Gasteiger partial charge >= 0.3 is 11.9 Å². The van der Waals surface area contributed by atoms with E-state index in [1.54, 1.807) is 30.6 Å². The highest BCUT2D eigenvalue weighted by Gasteiger charge is 2.50. The molecular formula is C31H30FN3O6. The van der Waals surface area contributed by atoms with E-state index in [9.17, 15) is 19.2 Å². The van der Waals surface area contributed by atoms with E-state index in [0.29, 0.717) is 35.3 Å². The Morgan fingerprint density at radius 3 is 2.71 bits per heavy atom. The van der Waals surface area contributed by atoms with E-state index in [1.807, 2.05) is 0 Å². The molecule has 0 saturated heterocycles. The molecule has 0 radical (unpaired) electrons. The van der Waals surface area contributed by atoms with Crippen molar-refractivity contribution in [2.24, 2.45) is 0 Å². The summed E-state index contributed by atoms with van der Waals surface area (Å²) in [5, 5.41) is 3.82. The minimum absolute atomic E-state index is 0.0677. The van der Waals surface area contributed by atoms with Crippen LogP contribution in [0.15, 0.2) is 29.6 Å². The average Bonchev–Trinajstić information content (AvgIpc) is 3.30. The Morgan fingerprint density at radius 1 is 1.29 bits per heavy atom. The monoisotopic (exact) mass is 559 g/mol. The zero-order valence-electron chi connectivity index (χ0n) is 23.4. The van der Waals surface area contributed by atoms with Gasteiger partial charge in [0.1, 0.15) is 12.4 Å². The molecule has 0 saturated carbocycles. The summed E-state index contributed by atoms with van der Waals surface area (Å²) in [6.45, 7) is 10.0. The number of hydrogen-bond donors (Lipinski definition) is 1. The van der Waals surface area contributed by atoms with Crippen molar-refractivity contribution in [2.45, 2.75) is 77.7 Å². The van der Waals surface area contributed by atoms with Gasteiger partial charge in [-0.3, -0.25) is 14.4 Å². The molecule has 0 fully saturated rings. The smallest absolute Gasteiger partial charge is 0.355 e. The number of carbonyl (C=O) groups excluding carboxylic acids is 3. The second-order valence-electron chi connectivity index (χ2n) is 11.0. The summed E-state index contributed by atoms with van der Waals surface area (Å²) in [5.74, 6) is -2.17. The molecule has 9 nitrogen and oxygen atoms in total. The predicted molar refractivity (Wildman–Crippen MR) is 148 cm³/mol. The summed E-state index contributed by atoms with van der Waals surface area (Å²) < 4.78 is 27.6. The van der Waals surface area contributed by atoms with Crippen LogP contribution in [0.3, 0.4) is 0 Å². The third kappa shape index (κ3) is 3.76. The molecule has 41 heavy (non-hydrogen) atoms. The van der Waals surface area contributed by atoms with Crippen LogP contribution in [0.2, 0.25) is 0 Å². The number of halogens is 1. The molecule has 1 amide bonds. The largest absolute Gasteiger partial charge is 0.457 e. The number of aromatic nitrogens is 2. The van der Waals surface area contributed by atoms with Gasteiger partial charge in [-0.05, 0) is 48.9 Å². The number of cyclic esters (lactones) is 1. The molecule has 0 spiro atoms. The van der Waals surface area contributed by atoms with Crippen LogP contribution in [0, 0.1) is 12.7 Å². The highest BCUT2D eigenvalue weighted by Crippen LogP contribution is 2.48. The summed E-state index contributed by atoms with van der Waals surface area (Å²) in [6.07, 6.45) is 3.01. The first-order chi connectivity index (χ1) is 19.5. The van der Waals surface area contributed by atoms with Gasteiger partial charge in [-0.15, -0.1) is 6.58 Å². The summed E-state index contributed by atoms with van der Waals surface area (Å²) in [7, 11) is 0. The molecule has 2 aromatic heterocycles. The van der Waals surface area contributed by atoms with Gasteiger partial charge in [-0.2, -0.15) is 0 Å². The normalized spacial score (nSPS) is 20.9. The fraction of sp³-hybridized carbons (Fsp3) is 0.387. The van der Waals surface area contributed by atoms with E-state index in [2.05, 4.69) is 11.9 Å². The van der Waals surface area contributed by atoms with E-state index in [-0.39, 0.29) is 53.9 Å². The molecule has 1 aromatic carbocycles. The van der Waals surface area contributed by atoms with Crippen molar-refractivity contribution in [2.75, 3.05) is 0 Å². The lowest BCUT2D eigenvalue weighted by Crippen LogP contribution is -2.47. The van der Waals surface area contributed by atoms with Crippen LogP contribution in [0.5, 0.6) is 0 Å². The topological polar surface area (TPSA) is 117 Å². The third-order valence-corrected chi connectivity index (χ3v) is 8.77. The SMILES string of the molecule is C=CC(NC(C)=O)C1CCc2c(C)c(F)cc3nc4c(c1c23)Cn1c-4cc2c(c1=O)COC(=O)[C@@]2(CC)OC(C)=O. The Bertz CT molecular complexity index is 1780. The molecule has 1 aliphatic carbocycles. The van der Waals surface area contributed by atoms with Gasteiger partial charge in [0.25, 0.3) is 5.56 Å². The Kier molecular flexibility index (Phi) is 6.13. The number of nitrogens with one attached hydrogen (secondary N) is 1. The summed E-state index contributed by atoms with van der Waals surface area (Å²) in [6, 6.07) is 2.70. The number of rotatable bonds is 5. The van der Waals surface area contributed by atoms with Crippen LogP contribution in [-0.4, -0.2) is 33.4 Å². The number of nitrogens with zero attached hydrogens (tertiary/aromatic N) is 2. The van der Waals surface area contributed by atoms with E-state index in [0.717, 1.165) is 22.1 Å². The summed E-state index contributed by atoms with van der Waals surface area (Å²) >= 11 is 0. The number of ether oxygens (including phenoxy) is 2. The lowest BCUT2D eigenvalue weighted by molar-refractivity contribution is -0.188. The third-order valence-electron chi connectivity index (χ3n) is 8.77. The number of aryl methyl sites for hydroxylation is 1. The minimum atomic E-state index is -1.76. The Balaban J connectivity index is 1.66. The Hall–Kier alpha value is -4.34. The maximum atomic E-state index is 15.1. The number of fused-ring (bicyclic) bond motifs is 5. The lowest BCUT2D eigenvalue weighted by Gasteiger charge is -2.35. The van der Waals surface area contributed by atoms with E-state index in [1.165, 1.54) is 19.9 Å². The van der Waals surface area contributed by atoms with E-state index in [4.69, 9.17) is 14.5 Å². The first-order valence-corrected chi connectivity index (χ1v) is 13.7. The number of carbonyl (C=O) groups is 3. The van der Waals surface area contributed by atoms with Crippen molar-refractivity contribution >= 4 is 28.7 Å². The standard InChI is InChI=1S/C31H30FN3O6/c1-6-23(33-15(4)36)18-9-8-17-14(3)22(32)11-24-27(17)26(18)19-12-35-25(28(19)34-24)10-21-20(29(35)38)13-40-30(39)31(21,7-2)41-16(5)37/h6,10-11,18,23H,1,7-9,12-13H2,2-5H3,(H,33,36)/t18?,23?,31-/m0/s1. The van der Waals surface area contributed by atoms with Crippen LogP contribution in [-0.2, 0) is 49.0 Å². The molecule has 3 aliphatic rings. The molecule has 3 atom stereocenters. The molecule has 6 rings (SSSR count). The fourth-order valence-corrected chi connectivity index (χ4v) is 6.91. The van der Waals surface area contributed by atoms with Gasteiger partial charge in [-0.1, -0.05) is 13.0 Å². The van der Waals surface area contributed by atoms with Crippen molar-refractivity contribution in [3.8, 4) is 11.4 Å². The van der Waals surface area contributed by atoms with Gasteiger partial charge in [0, 0.05) is 42.3 Å². The van der Waals surface area contributed by atoms with Crippen molar-refractivity contribution in [1.82, 2.24) is 14.9 Å². The zero-order valence-corrected chi connectivity index (χ0v) is 23.4. The predicted octanol–water partition coefficient (Wildman–Crippen LogP) is 3.82. The molecule has 2 unspecified atom stereocenters. The van der Waals surface area contributed by atoms with Crippen molar-refractivity contribution in [1.29, 1.82) is 0 Å². The maximum absolute atomic E-state index is 15.1. The van der Waals surface area contributed by atoms with E-state index < -0.39 is 23.6 Å². The Labute approximate surface area is 235 Å². The van der Waals surface area contributed by atoms with Gasteiger partial charge in [0.15, 0.2) is 0 Å². The number of benzene rings is 1. The molecule has 2 aliphatic heterocycles. The first-order valence-electron chi connectivity index (χ1n) is 13.7. The molecular weight excluding hydrogens is 529 g/mol. The summed E-state index contributed by atoms with van der Waals surface area (Å²) in [5.41, 5.74) is 2.90. The van der Waals surface area contributed by atoms with Gasteiger partial charge in [0.05, 0.1) is 35.1 Å². The number of pyridine rings is 2. The second-order valence-corrected chi connectivity index (χ2v) is 11.0. The highest BCUT2D eigenvalue weighted by molar-refractivity contribution is 5.94. The van der Waals surface area contributed by atoms with Gasteiger partial charge in [-0.25, -0.2) is 14.2 Å². The average molecular weight is 560 g/mol. The second kappa shape index (κ2) is 9.36. The first kappa shape index (κ1) is 26.9. The summed E-state index contributed by atoms with van der Waals surface area (Å²) in [4.78, 5) is 56.0.